The molecule has 1 heterocycles. The first-order valence-electron chi connectivity index (χ1n) is 10.5. The van der Waals surface area contributed by atoms with Crippen LogP contribution in [0.5, 0.6) is 11.6 Å². The fourth-order valence-electron chi connectivity index (χ4n) is 3.09. The molecule has 0 saturated heterocycles. The molecule has 0 spiro atoms. The van der Waals surface area contributed by atoms with Gasteiger partial charge < -0.3 is 20.7 Å². The number of benzene rings is 3. The van der Waals surface area contributed by atoms with Crippen LogP contribution in [0.15, 0.2) is 97.2 Å². The number of ether oxygens (including phenoxy) is 1. The predicted octanol–water partition coefficient (Wildman–Crippen LogP) is 5.59. The van der Waals surface area contributed by atoms with Crippen LogP contribution in [-0.2, 0) is 6.54 Å². The van der Waals surface area contributed by atoms with E-state index in [4.69, 9.17) is 4.74 Å². The fraction of sp³-hybridized carbons (Fsp3) is 0.0385. The van der Waals surface area contributed by atoms with E-state index in [1.807, 2.05) is 18.2 Å². The number of para-hydroxylation sites is 1. The first-order chi connectivity index (χ1) is 16.6. The van der Waals surface area contributed by atoms with Crippen molar-refractivity contribution < 1.29 is 18.7 Å². The first kappa shape index (κ1) is 22.5. The van der Waals surface area contributed by atoms with E-state index in [0.29, 0.717) is 28.3 Å². The maximum Gasteiger partial charge on any atom is 0.323 e. The lowest BCUT2D eigenvalue weighted by atomic mass is 10.2. The second-order valence-corrected chi connectivity index (χ2v) is 7.23. The highest BCUT2D eigenvalue weighted by molar-refractivity contribution is 6.00. The number of hydrogen-bond acceptors (Lipinski definition) is 4. The van der Waals surface area contributed by atoms with Gasteiger partial charge in [-0.1, -0.05) is 30.3 Å². The number of pyridine rings is 1. The largest absolute Gasteiger partial charge is 0.439 e. The maximum absolute atomic E-state index is 13.4. The van der Waals surface area contributed by atoms with Gasteiger partial charge in [-0.15, -0.1) is 0 Å². The number of rotatable bonds is 7. The van der Waals surface area contributed by atoms with Crippen LogP contribution in [0.1, 0.15) is 15.9 Å². The molecule has 3 aromatic carbocycles. The van der Waals surface area contributed by atoms with Crippen molar-refractivity contribution in [3.63, 3.8) is 0 Å². The molecule has 0 aliphatic heterocycles. The average molecular weight is 456 g/mol. The first-order valence-corrected chi connectivity index (χ1v) is 10.5. The SMILES string of the molecule is O=C(Nc1ccccc1)Nc1ccc(C(=O)NCc2cccnc2Oc2cccc(F)c2)cc1. The zero-order valence-electron chi connectivity index (χ0n) is 18.0. The molecule has 170 valence electrons. The molecule has 4 rings (SSSR count). The minimum Gasteiger partial charge on any atom is -0.439 e. The van der Waals surface area contributed by atoms with Gasteiger partial charge in [0, 0.05) is 41.3 Å². The number of carbonyl (C=O) groups is 2. The summed E-state index contributed by atoms with van der Waals surface area (Å²) in [5, 5.41) is 8.25. The molecule has 0 fully saturated rings. The van der Waals surface area contributed by atoms with Gasteiger partial charge in [0.1, 0.15) is 11.6 Å². The predicted molar refractivity (Wildman–Crippen MR) is 127 cm³/mol. The van der Waals surface area contributed by atoms with E-state index in [-0.39, 0.29) is 24.4 Å². The third-order valence-corrected chi connectivity index (χ3v) is 4.74. The molecule has 0 unspecified atom stereocenters. The zero-order chi connectivity index (χ0) is 23.8. The van der Waals surface area contributed by atoms with Gasteiger partial charge in [-0.05, 0) is 54.6 Å². The Kier molecular flexibility index (Phi) is 7.09. The van der Waals surface area contributed by atoms with Crippen molar-refractivity contribution in [1.82, 2.24) is 10.3 Å². The summed E-state index contributed by atoms with van der Waals surface area (Å²) in [5.74, 6) is -0.136. The zero-order valence-corrected chi connectivity index (χ0v) is 18.0. The number of urea groups is 1. The van der Waals surface area contributed by atoms with E-state index in [2.05, 4.69) is 20.9 Å². The lowest BCUT2D eigenvalue weighted by molar-refractivity contribution is 0.0950. The van der Waals surface area contributed by atoms with Crippen molar-refractivity contribution in [2.45, 2.75) is 6.54 Å². The quantitative estimate of drug-likeness (QED) is 0.338. The number of hydrogen-bond donors (Lipinski definition) is 3. The van der Waals surface area contributed by atoms with E-state index >= 15 is 0 Å². The Morgan fingerprint density at radius 1 is 0.824 bits per heavy atom. The van der Waals surface area contributed by atoms with Gasteiger partial charge in [0.2, 0.25) is 5.88 Å². The van der Waals surface area contributed by atoms with Gasteiger partial charge in [-0.3, -0.25) is 4.79 Å². The smallest absolute Gasteiger partial charge is 0.323 e. The average Bonchev–Trinajstić information content (AvgIpc) is 2.84. The van der Waals surface area contributed by atoms with Crippen LogP contribution in [0, 0.1) is 5.82 Å². The molecule has 0 aliphatic rings. The summed E-state index contributed by atoms with van der Waals surface area (Å²) in [7, 11) is 0. The molecule has 0 atom stereocenters. The van der Waals surface area contributed by atoms with Gasteiger partial charge in [-0.25, -0.2) is 14.2 Å². The van der Waals surface area contributed by atoms with Gasteiger partial charge in [0.05, 0.1) is 0 Å². The highest BCUT2D eigenvalue weighted by Crippen LogP contribution is 2.23. The minimum atomic E-state index is -0.418. The summed E-state index contributed by atoms with van der Waals surface area (Å²) < 4.78 is 19.1. The molecule has 0 saturated carbocycles. The van der Waals surface area contributed by atoms with Crippen LogP contribution in [0.25, 0.3) is 0 Å². The molecule has 1 aromatic heterocycles. The Balaban J connectivity index is 1.33. The van der Waals surface area contributed by atoms with Crippen molar-refractivity contribution >= 4 is 23.3 Å². The third kappa shape index (κ3) is 6.17. The summed E-state index contributed by atoms with van der Waals surface area (Å²) in [4.78, 5) is 28.9. The number of aromatic nitrogens is 1. The summed E-state index contributed by atoms with van der Waals surface area (Å²) in [6.45, 7) is 0.163. The summed E-state index contributed by atoms with van der Waals surface area (Å²) >= 11 is 0. The van der Waals surface area contributed by atoms with Crippen LogP contribution < -0.4 is 20.7 Å². The Morgan fingerprint density at radius 3 is 2.29 bits per heavy atom. The lowest BCUT2D eigenvalue weighted by Gasteiger charge is -2.11. The normalized spacial score (nSPS) is 10.3. The van der Waals surface area contributed by atoms with E-state index in [1.165, 1.54) is 12.1 Å². The Morgan fingerprint density at radius 2 is 1.56 bits per heavy atom. The van der Waals surface area contributed by atoms with Crippen LogP contribution in [0.2, 0.25) is 0 Å². The van der Waals surface area contributed by atoms with Crippen molar-refractivity contribution in [3.05, 3.63) is 114 Å². The summed E-state index contributed by atoms with van der Waals surface area (Å²) in [6, 6.07) is 24.4. The van der Waals surface area contributed by atoms with Crippen molar-refractivity contribution in [2.75, 3.05) is 10.6 Å². The molecule has 3 amide bonds. The highest BCUT2D eigenvalue weighted by Gasteiger charge is 2.11. The number of nitrogens with one attached hydrogen (secondary N) is 3. The van der Waals surface area contributed by atoms with Crippen LogP contribution >= 0.6 is 0 Å². The van der Waals surface area contributed by atoms with Gasteiger partial charge >= 0.3 is 6.03 Å². The summed E-state index contributed by atoms with van der Waals surface area (Å²) in [5.41, 5.74) is 2.27. The topological polar surface area (TPSA) is 92.4 Å². The minimum absolute atomic E-state index is 0.163. The molecule has 4 aromatic rings. The molecular weight excluding hydrogens is 435 g/mol. The van der Waals surface area contributed by atoms with Crippen LogP contribution in [-0.4, -0.2) is 16.9 Å². The Labute approximate surface area is 195 Å². The van der Waals surface area contributed by atoms with E-state index in [9.17, 15) is 14.0 Å². The van der Waals surface area contributed by atoms with Crippen molar-refractivity contribution in [3.8, 4) is 11.6 Å². The third-order valence-electron chi connectivity index (χ3n) is 4.74. The lowest BCUT2D eigenvalue weighted by Crippen LogP contribution is -2.23. The molecule has 0 radical (unpaired) electrons. The number of amides is 3. The van der Waals surface area contributed by atoms with E-state index in [0.717, 1.165) is 0 Å². The molecule has 0 bridgehead atoms. The molecule has 3 N–H and O–H groups in total. The second kappa shape index (κ2) is 10.7. The van der Waals surface area contributed by atoms with Crippen molar-refractivity contribution in [2.24, 2.45) is 0 Å². The molecule has 8 heteroatoms. The monoisotopic (exact) mass is 456 g/mol. The molecule has 34 heavy (non-hydrogen) atoms. The Bertz CT molecular complexity index is 1280. The molecule has 7 nitrogen and oxygen atoms in total. The molecule has 0 aliphatic carbocycles. The molecular formula is C26H21FN4O3. The summed E-state index contributed by atoms with van der Waals surface area (Å²) in [6.07, 6.45) is 1.56. The van der Waals surface area contributed by atoms with Gasteiger partial charge in [0.25, 0.3) is 5.91 Å². The standard InChI is InChI=1S/C26H21FN4O3/c27-20-7-4-10-23(16-20)34-25-19(6-5-15-28-25)17-29-24(32)18-11-13-22(14-12-18)31-26(33)30-21-8-2-1-3-9-21/h1-16H,17H2,(H,29,32)(H2,30,31,33). The van der Waals surface area contributed by atoms with E-state index < -0.39 is 5.82 Å². The Hall–Kier alpha value is -4.72. The van der Waals surface area contributed by atoms with Gasteiger partial charge in [0.15, 0.2) is 0 Å². The maximum atomic E-state index is 13.4. The van der Waals surface area contributed by atoms with Crippen LogP contribution in [0.3, 0.4) is 0 Å². The number of carbonyl (C=O) groups excluding carboxylic acids is 2. The second-order valence-electron chi connectivity index (χ2n) is 7.23. The van der Waals surface area contributed by atoms with E-state index in [1.54, 1.807) is 66.9 Å². The number of halogens is 1. The van der Waals surface area contributed by atoms with Gasteiger partial charge in [-0.2, -0.15) is 0 Å². The highest BCUT2D eigenvalue weighted by atomic mass is 19.1. The number of nitrogens with zero attached hydrogens (tertiary/aromatic N) is 1. The van der Waals surface area contributed by atoms with Crippen LogP contribution in [0.4, 0.5) is 20.6 Å². The number of anilines is 2. The fourth-order valence-corrected chi connectivity index (χ4v) is 3.09. The van der Waals surface area contributed by atoms with Crippen molar-refractivity contribution in [1.29, 1.82) is 0 Å².